The van der Waals surface area contributed by atoms with Gasteiger partial charge in [0.15, 0.2) is 23.9 Å². The van der Waals surface area contributed by atoms with Gasteiger partial charge in [0, 0.05) is 30.6 Å². The number of hydrogen-bond donors (Lipinski definition) is 12. The van der Waals surface area contributed by atoms with Crippen molar-refractivity contribution in [3.8, 4) is 0 Å². The summed E-state index contributed by atoms with van der Waals surface area (Å²) in [5.41, 5.74) is 6.29. The van der Waals surface area contributed by atoms with E-state index >= 15 is 0 Å². The minimum absolute atomic E-state index is 0.0313. The molecule has 3 heterocycles. The Morgan fingerprint density at radius 1 is 1.15 bits per heavy atom. The number of amides is 1. The highest BCUT2D eigenvalue weighted by Crippen LogP contribution is 2.46. The van der Waals surface area contributed by atoms with E-state index in [0.717, 1.165) is 0 Å². The summed E-state index contributed by atoms with van der Waals surface area (Å²) in [7, 11) is -5.12. The Bertz CT molecular complexity index is 1750. The molecule has 1 aromatic heterocycles. The Morgan fingerprint density at radius 3 is 2.44 bits per heavy atom. The fourth-order valence-electron chi connectivity index (χ4n) is 6.13. The lowest BCUT2D eigenvalue weighted by Gasteiger charge is -2.42. The van der Waals surface area contributed by atoms with Crippen molar-refractivity contribution >= 4 is 49.3 Å². The van der Waals surface area contributed by atoms with Gasteiger partial charge in [-0.2, -0.15) is 4.98 Å². The molecule has 1 saturated heterocycles. The van der Waals surface area contributed by atoms with Crippen molar-refractivity contribution in [3.05, 3.63) is 40.2 Å². The van der Waals surface area contributed by atoms with Gasteiger partial charge in [-0.3, -0.25) is 33.3 Å². The number of nitrogen functional groups attached to an aromatic ring is 1. The number of ether oxygens (including phenoxy) is 2. The number of aliphatic carboxylic acids is 2. The molecule has 0 bridgehead atoms. The second-order valence-corrected chi connectivity index (χ2v) is 14.4. The summed E-state index contributed by atoms with van der Waals surface area (Å²) in [5, 5.41) is 76.5. The highest BCUT2D eigenvalue weighted by Gasteiger charge is 2.45. The molecular formula is C31H45N6O17P. The largest absolute Gasteiger partial charge is 0.481 e. The minimum Gasteiger partial charge on any atom is -0.481 e. The molecule has 0 aliphatic carbocycles. The Morgan fingerprint density at radius 2 is 1.82 bits per heavy atom. The van der Waals surface area contributed by atoms with Crippen LogP contribution in [0.3, 0.4) is 0 Å². The number of phosphoric acid groups is 1. The van der Waals surface area contributed by atoms with Crippen LogP contribution < -0.4 is 26.8 Å². The van der Waals surface area contributed by atoms with Crippen LogP contribution in [0.4, 0.5) is 23.1 Å². The molecule has 0 saturated carbocycles. The number of carboxylic acid groups (broad SMARTS) is 2. The number of nitrogens with one attached hydrogen (secondary N) is 3. The number of carbonyl (C=O) groups is 3. The van der Waals surface area contributed by atoms with Crippen LogP contribution in [0.1, 0.15) is 32.3 Å². The van der Waals surface area contributed by atoms with Crippen LogP contribution in [0.2, 0.25) is 0 Å². The molecule has 306 valence electrons. The van der Waals surface area contributed by atoms with Crippen LogP contribution in [0.25, 0.3) is 0 Å². The Balaban J connectivity index is 1.25. The molecule has 55 heavy (non-hydrogen) atoms. The average molecular weight is 805 g/mol. The fourth-order valence-corrected chi connectivity index (χ4v) is 7.05. The number of hydrogen-bond acceptors (Lipinski definition) is 18. The number of carboxylic acids is 2. The SMILES string of the molecule is C[C@@H]1Nc2nc(N)[nH]c(=O)c2N(C=O)C1[C@@H](C)Nc1ccc(C[C@H](O)[C@H](O)[C@H](O)CO[C@H]2O[C@H](COP(=O)(O)O[C@@H](CCC(=O)O)C(=O)O)[C@@H](O)[C@H]2O)cc1. The summed E-state index contributed by atoms with van der Waals surface area (Å²) in [6.45, 7) is 2.02. The predicted molar refractivity (Wildman–Crippen MR) is 188 cm³/mol. The van der Waals surface area contributed by atoms with Gasteiger partial charge >= 0.3 is 19.8 Å². The Labute approximate surface area is 312 Å². The molecule has 0 radical (unpaired) electrons. The number of rotatable bonds is 20. The van der Waals surface area contributed by atoms with Crippen molar-refractivity contribution in [2.75, 3.05) is 34.5 Å². The van der Waals surface area contributed by atoms with Gasteiger partial charge in [0.1, 0.15) is 30.5 Å². The summed E-state index contributed by atoms with van der Waals surface area (Å²) >= 11 is 0. The van der Waals surface area contributed by atoms with Gasteiger partial charge in [-0.25, -0.2) is 9.36 Å². The summed E-state index contributed by atoms with van der Waals surface area (Å²) < 4.78 is 32.0. The van der Waals surface area contributed by atoms with E-state index in [-0.39, 0.29) is 29.9 Å². The van der Waals surface area contributed by atoms with Crippen LogP contribution in [0.5, 0.6) is 0 Å². The van der Waals surface area contributed by atoms with Gasteiger partial charge in [0.2, 0.25) is 12.4 Å². The van der Waals surface area contributed by atoms with E-state index in [2.05, 4.69) is 29.6 Å². The van der Waals surface area contributed by atoms with Gasteiger partial charge < -0.3 is 66.5 Å². The zero-order valence-corrected chi connectivity index (χ0v) is 30.3. The molecule has 13 N–H and O–H groups in total. The quantitative estimate of drug-likeness (QED) is 0.0487. The molecule has 23 nitrogen and oxygen atoms in total. The van der Waals surface area contributed by atoms with E-state index in [1.54, 1.807) is 24.3 Å². The van der Waals surface area contributed by atoms with Crippen LogP contribution in [0, 0.1) is 0 Å². The molecular weight excluding hydrogens is 759 g/mol. The van der Waals surface area contributed by atoms with E-state index in [0.29, 0.717) is 17.7 Å². The summed E-state index contributed by atoms with van der Waals surface area (Å²) in [5.74, 6) is -3.02. The molecule has 2 aromatic rings. The van der Waals surface area contributed by atoms with Gasteiger partial charge in [-0.1, -0.05) is 12.1 Å². The van der Waals surface area contributed by atoms with Crippen molar-refractivity contribution < 1.29 is 78.1 Å². The molecule has 4 rings (SSSR count). The number of carbonyl (C=O) groups excluding carboxylic acids is 1. The number of nitrogens with two attached hydrogens (primary N) is 1. The summed E-state index contributed by atoms with van der Waals surface area (Å²) in [4.78, 5) is 64.3. The number of H-pyrrole nitrogens is 1. The smallest absolute Gasteiger partial charge is 0.473 e. The zero-order chi connectivity index (χ0) is 40.8. The van der Waals surface area contributed by atoms with Crippen LogP contribution in [-0.4, -0.2) is 149 Å². The topological polar surface area (TPSA) is 366 Å². The van der Waals surface area contributed by atoms with Crippen molar-refractivity contribution in [2.45, 2.75) is 100 Å². The van der Waals surface area contributed by atoms with Crippen molar-refractivity contribution in [1.29, 1.82) is 0 Å². The van der Waals surface area contributed by atoms with E-state index < -0.39 is 112 Å². The van der Waals surface area contributed by atoms with Gasteiger partial charge in [0.05, 0.1) is 25.4 Å². The number of fused-ring (bicyclic) bond motifs is 1. The zero-order valence-electron chi connectivity index (χ0n) is 29.4. The molecule has 12 atom stereocenters. The highest BCUT2D eigenvalue weighted by atomic mass is 31.2. The summed E-state index contributed by atoms with van der Waals surface area (Å²) in [6.07, 6.45) is -14.6. The number of aromatic amines is 1. The molecule has 1 fully saturated rings. The standard InChI is InChI=1S/C31H45N6O17P/c1-13(22-14(2)34-27-23(37(22)12-38)28(46)36-31(32)35-27)33-16-5-3-15(4-6-16)9-17(39)24(43)18(40)10-51-30-26(45)25(44)20(53-30)11-52-55(49,50)54-19(29(47)48)7-8-21(41)42/h3-6,12-14,17-20,22,24-26,30,33,39-40,43-45H,7-11H2,1-2H3,(H,41,42)(H,47,48)(H,49,50)(H4,32,34,35,36,46)/t13-,14+,17+,18-,19+,20-,22?,24+,25-,26-,30+/m1/s1. The number of aromatic nitrogens is 2. The van der Waals surface area contributed by atoms with Crippen molar-refractivity contribution in [2.24, 2.45) is 0 Å². The average Bonchev–Trinajstić information content (AvgIpc) is 3.38. The molecule has 2 aliphatic heterocycles. The maximum Gasteiger partial charge on any atom is 0.473 e. The van der Waals surface area contributed by atoms with E-state index in [9.17, 15) is 54.2 Å². The third-order valence-corrected chi connectivity index (χ3v) is 9.88. The second-order valence-electron chi connectivity index (χ2n) is 13.0. The maximum atomic E-state index is 12.6. The van der Waals surface area contributed by atoms with E-state index in [1.807, 2.05) is 13.8 Å². The highest BCUT2D eigenvalue weighted by molar-refractivity contribution is 7.47. The number of nitrogens with zero attached hydrogens (tertiary/aromatic N) is 2. The lowest BCUT2D eigenvalue weighted by atomic mass is 9.97. The first-order valence-corrected chi connectivity index (χ1v) is 18.3. The number of anilines is 4. The van der Waals surface area contributed by atoms with Crippen LogP contribution in [-0.2, 0) is 43.9 Å². The minimum atomic E-state index is -5.12. The maximum absolute atomic E-state index is 12.6. The molecule has 1 aromatic carbocycles. The third kappa shape index (κ3) is 11.2. The first kappa shape index (κ1) is 43.5. The lowest BCUT2D eigenvalue weighted by Crippen LogP contribution is -2.58. The lowest BCUT2D eigenvalue weighted by molar-refractivity contribution is -0.192. The first-order valence-electron chi connectivity index (χ1n) is 16.8. The normalized spacial score (nSPS) is 26.1. The number of phosphoric ester groups is 1. The third-order valence-electron chi connectivity index (χ3n) is 8.88. The Kier molecular flexibility index (Phi) is 14.7. The van der Waals surface area contributed by atoms with E-state index in [1.165, 1.54) is 4.90 Å². The summed E-state index contributed by atoms with van der Waals surface area (Å²) in [6, 6.07) is 5.44. The molecule has 2 unspecified atom stereocenters. The predicted octanol–water partition coefficient (Wildman–Crippen LogP) is -2.46. The van der Waals surface area contributed by atoms with Crippen LogP contribution >= 0.6 is 7.82 Å². The van der Waals surface area contributed by atoms with Gasteiger partial charge in [0.25, 0.3) is 5.56 Å². The van der Waals surface area contributed by atoms with Crippen molar-refractivity contribution in [3.63, 3.8) is 0 Å². The number of aliphatic hydroxyl groups excluding tert-OH is 5. The molecule has 1 amide bonds. The monoisotopic (exact) mass is 804 g/mol. The molecule has 0 spiro atoms. The molecule has 24 heteroatoms. The fraction of sp³-hybridized carbons (Fsp3) is 0.581. The van der Waals surface area contributed by atoms with Gasteiger partial charge in [-0.05, 0) is 38.0 Å². The van der Waals surface area contributed by atoms with E-state index in [4.69, 9.17) is 25.4 Å². The second kappa shape index (κ2) is 18.6. The van der Waals surface area contributed by atoms with Crippen molar-refractivity contribution in [1.82, 2.24) is 9.97 Å². The molecule has 2 aliphatic rings. The van der Waals surface area contributed by atoms with Gasteiger partial charge in [-0.15, -0.1) is 0 Å². The number of aliphatic hydroxyl groups is 5. The van der Waals surface area contributed by atoms with Crippen LogP contribution in [0.15, 0.2) is 29.1 Å². The number of benzene rings is 1. The Hall–Kier alpha value is -4.26. The first-order chi connectivity index (χ1) is 25.8.